The van der Waals surface area contributed by atoms with Gasteiger partial charge in [-0.05, 0) is 28.1 Å². The number of hydrogen-bond donors (Lipinski definition) is 2. The second kappa shape index (κ2) is 4.62. The summed E-state index contributed by atoms with van der Waals surface area (Å²) in [4.78, 5) is 23.3. The van der Waals surface area contributed by atoms with Crippen LogP contribution in [0, 0.1) is 0 Å². The van der Waals surface area contributed by atoms with Gasteiger partial charge in [0.2, 0.25) is 0 Å². The molecule has 0 saturated carbocycles. The average Bonchev–Trinajstić information content (AvgIpc) is 2.77. The molecule has 3 rings (SSSR count). The first kappa shape index (κ1) is 11.6. The summed E-state index contributed by atoms with van der Waals surface area (Å²) >= 11 is 5.07. The maximum Gasteiger partial charge on any atom is 0.275 e. The summed E-state index contributed by atoms with van der Waals surface area (Å²) < 4.78 is 1.02. The number of nitrogens with one attached hydrogen (secondary N) is 2. The highest BCUT2D eigenvalue weighted by molar-refractivity contribution is 9.10. The molecule has 2 heterocycles. The van der Waals surface area contributed by atoms with E-state index in [1.165, 1.54) is 6.33 Å². The summed E-state index contributed by atoms with van der Waals surface area (Å²) in [5.74, 6) is 0. The van der Waals surface area contributed by atoms with Gasteiger partial charge < -0.3 is 9.97 Å². The molecule has 4 nitrogen and oxygen atoms in total. The number of hydrogen-bond acceptors (Lipinski definition) is 3. The molecule has 0 saturated heterocycles. The van der Waals surface area contributed by atoms with Gasteiger partial charge in [0.15, 0.2) is 0 Å². The van der Waals surface area contributed by atoms with E-state index in [-0.39, 0.29) is 5.56 Å². The third-order valence-corrected chi connectivity index (χ3v) is 4.55. The van der Waals surface area contributed by atoms with Gasteiger partial charge in [0.1, 0.15) is 11.0 Å². The Bertz CT molecular complexity index is 765. The van der Waals surface area contributed by atoms with Crippen LogP contribution < -0.4 is 5.56 Å². The van der Waals surface area contributed by atoms with Gasteiger partial charge in [-0.3, -0.25) is 4.79 Å². The van der Waals surface area contributed by atoms with Crippen molar-refractivity contribution in [1.29, 1.82) is 0 Å². The fourth-order valence-corrected chi connectivity index (χ4v) is 3.10. The second-order valence-electron chi connectivity index (χ2n) is 3.64. The van der Waals surface area contributed by atoms with Crippen LogP contribution >= 0.6 is 27.7 Å². The van der Waals surface area contributed by atoms with Crippen LogP contribution in [0.2, 0.25) is 0 Å². The number of aromatic nitrogens is 3. The van der Waals surface area contributed by atoms with Crippen LogP contribution in [-0.2, 0) is 0 Å². The molecule has 3 aromatic rings. The van der Waals surface area contributed by atoms with E-state index in [9.17, 15) is 4.79 Å². The molecule has 0 spiro atoms. The van der Waals surface area contributed by atoms with Crippen molar-refractivity contribution in [2.24, 2.45) is 0 Å². The monoisotopic (exact) mass is 321 g/mol. The number of fused-ring (bicyclic) bond motifs is 1. The number of H-pyrrole nitrogens is 2. The molecule has 0 fully saturated rings. The Balaban J connectivity index is 2.09. The lowest BCUT2D eigenvalue weighted by atomic mass is 10.4. The largest absolute Gasteiger partial charge is 0.354 e. The van der Waals surface area contributed by atoms with Crippen LogP contribution in [0.4, 0.5) is 0 Å². The standard InChI is InChI=1S/C12H8BrN3OS/c13-7-3-1-2-4-8(7)18-9-5-14-11-10(9)15-6-16-12(11)17/h1-6,14H,(H,15,16,17). The van der Waals surface area contributed by atoms with E-state index in [2.05, 4.69) is 30.9 Å². The van der Waals surface area contributed by atoms with Crippen LogP contribution in [0.25, 0.3) is 11.0 Å². The molecule has 0 aliphatic carbocycles. The highest BCUT2D eigenvalue weighted by Crippen LogP contribution is 2.35. The van der Waals surface area contributed by atoms with Crippen molar-refractivity contribution < 1.29 is 0 Å². The number of benzene rings is 1. The highest BCUT2D eigenvalue weighted by Gasteiger charge is 2.10. The zero-order chi connectivity index (χ0) is 12.5. The molecule has 0 atom stereocenters. The van der Waals surface area contributed by atoms with Gasteiger partial charge in [-0.15, -0.1) is 0 Å². The van der Waals surface area contributed by atoms with Gasteiger partial charge in [0.05, 0.1) is 11.2 Å². The van der Waals surface area contributed by atoms with Crippen LogP contribution in [0.3, 0.4) is 0 Å². The second-order valence-corrected chi connectivity index (χ2v) is 5.58. The van der Waals surface area contributed by atoms with Crippen molar-refractivity contribution in [3.63, 3.8) is 0 Å². The lowest BCUT2D eigenvalue weighted by Crippen LogP contribution is -2.05. The third kappa shape index (κ3) is 1.97. The van der Waals surface area contributed by atoms with E-state index < -0.39 is 0 Å². The zero-order valence-electron chi connectivity index (χ0n) is 9.11. The topological polar surface area (TPSA) is 61.5 Å². The number of aromatic amines is 2. The van der Waals surface area contributed by atoms with Crippen molar-refractivity contribution in [2.45, 2.75) is 9.79 Å². The minimum Gasteiger partial charge on any atom is -0.354 e. The number of halogens is 1. The Hall–Kier alpha value is -1.53. The zero-order valence-corrected chi connectivity index (χ0v) is 11.5. The predicted molar refractivity (Wildman–Crippen MR) is 75.0 cm³/mol. The molecular formula is C12H8BrN3OS. The quantitative estimate of drug-likeness (QED) is 0.762. The third-order valence-electron chi connectivity index (χ3n) is 2.49. The molecule has 0 amide bonds. The van der Waals surface area contributed by atoms with Crippen molar-refractivity contribution in [2.75, 3.05) is 0 Å². The lowest BCUT2D eigenvalue weighted by Gasteiger charge is -2.01. The average molecular weight is 322 g/mol. The van der Waals surface area contributed by atoms with E-state index in [1.54, 1.807) is 18.0 Å². The molecule has 0 bridgehead atoms. The number of nitrogens with zero attached hydrogens (tertiary/aromatic N) is 1. The first-order valence-electron chi connectivity index (χ1n) is 5.23. The van der Waals surface area contributed by atoms with Crippen LogP contribution in [-0.4, -0.2) is 15.0 Å². The van der Waals surface area contributed by atoms with Crippen molar-refractivity contribution in [3.05, 3.63) is 51.6 Å². The summed E-state index contributed by atoms with van der Waals surface area (Å²) in [5.41, 5.74) is 1.05. The summed E-state index contributed by atoms with van der Waals surface area (Å²) in [7, 11) is 0. The SMILES string of the molecule is O=c1[nH]cnc2c(Sc3ccccc3Br)c[nH]c12. The summed E-state index contributed by atoms with van der Waals surface area (Å²) in [6.07, 6.45) is 3.22. The fraction of sp³-hybridized carbons (Fsp3) is 0. The highest BCUT2D eigenvalue weighted by atomic mass is 79.9. The Morgan fingerprint density at radius 2 is 2.00 bits per heavy atom. The molecular weight excluding hydrogens is 314 g/mol. The Morgan fingerprint density at radius 1 is 1.17 bits per heavy atom. The molecule has 2 aromatic heterocycles. The molecule has 90 valence electrons. The van der Waals surface area contributed by atoms with E-state index in [0.717, 1.165) is 14.3 Å². The molecule has 0 aliphatic heterocycles. The molecule has 0 aliphatic rings. The minimum atomic E-state index is -0.154. The Kier molecular flexibility index (Phi) is 2.97. The van der Waals surface area contributed by atoms with E-state index in [4.69, 9.17) is 0 Å². The minimum absolute atomic E-state index is 0.154. The fourth-order valence-electron chi connectivity index (χ4n) is 1.65. The normalized spacial score (nSPS) is 10.9. The van der Waals surface area contributed by atoms with Gasteiger partial charge in [-0.1, -0.05) is 23.9 Å². The van der Waals surface area contributed by atoms with E-state index in [1.807, 2.05) is 24.3 Å². The summed E-state index contributed by atoms with van der Waals surface area (Å²) in [5, 5.41) is 0. The van der Waals surface area contributed by atoms with E-state index in [0.29, 0.717) is 11.0 Å². The molecule has 18 heavy (non-hydrogen) atoms. The maximum atomic E-state index is 11.6. The van der Waals surface area contributed by atoms with Gasteiger partial charge in [-0.25, -0.2) is 4.98 Å². The lowest BCUT2D eigenvalue weighted by molar-refractivity contribution is 1.16. The summed E-state index contributed by atoms with van der Waals surface area (Å²) in [6.45, 7) is 0. The Morgan fingerprint density at radius 3 is 2.83 bits per heavy atom. The molecule has 1 aromatic carbocycles. The molecule has 6 heteroatoms. The van der Waals surface area contributed by atoms with Gasteiger partial charge >= 0.3 is 0 Å². The van der Waals surface area contributed by atoms with Crippen LogP contribution in [0.1, 0.15) is 0 Å². The smallest absolute Gasteiger partial charge is 0.275 e. The van der Waals surface area contributed by atoms with Crippen molar-refractivity contribution in [3.8, 4) is 0 Å². The van der Waals surface area contributed by atoms with Crippen molar-refractivity contribution >= 4 is 38.7 Å². The van der Waals surface area contributed by atoms with E-state index >= 15 is 0 Å². The molecule has 2 N–H and O–H groups in total. The maximum absolute atomic E-state index is 11.6. The number of rotatable bonds is 2. The molecule has 0 radical (unpaired) electrons. The van der Waals surface area contributed by atoms with Crippen LogP contribution in [0.5, 0.6) is 0 Å². The molecule has 0 unspecified atom stereocenters. The first-order valence-corrected chi connectivity index (χ1v) is 6.84. The van der Waals surface area contributed by atoms with Gasteiger partial charge in [0.25, 0.3) is 5.56 Å². The first-order chi connectivity index (χ1) is 8.75. The Labute approximate surface area is 115 Å². The summed E-state index contributed by atoms with van der Waals surface area (Å²) in [6, 6.07) is 7.94. The van der Waals surface area contributed by atoms with Crippen molar-refractivity contribution in [1.82, 2.24) is 15.0 Å². The van der Waals surface area contributed by atoms with Gasteiger partial charge in [0, 0.05) is 15.6 Å². The van der Waals surface area contributed by atoms with Crippen LogP contribution in [0.15, 0.2) is 55.8 Å². The predicted octanol–water partition coefficient (Wildman–Crippen LogP) is 3.16. The van der Waals surface area contributed by atoms with Gasteiger partial charge in [-0.2, -0.15) is 0 Å².